The van der Waals surface area contributed by atoms with Gasteiger partial charge in [0.1, 0.15) is 5.75 Å². The Morgan fingerprint density at radius 1 is 1.24 bits per heavy atom. The topological polar surface area (TPSA) is 73.2 Å². The third-order valence-electron chi connectivity index (χ3n) is 4.37. The van der Waals surface area contributed by atoms with Gasteiger partial charge in [0.05, 0.1) is 23.8 Å². The van der Waals surface area contributed by atoms with Gasteiger partial charge in [-0.1, -0.05) is 42.1 Å². The summed E-state index contributed by atoms with van der Waals surface area (Å²) in [4.78, 5) is 29.5. The lowest BCUT2D eigenvalue weighted by Crippen LogP contribution is -2.28. The van der Waals surface area contributed by atoms with E-state index in [4.69, 9.17) is 4.74 Å². The predicted octanol–water partition coefficient (Wildman–Crippen LogP) is 3.04. The van der Waals surface area contributed by atoms with Gasteiger partial charge in [0.25, 0.3) is 5.56 Å². The van der Waals surface area contributed by atoms with Crippen LogP contribution in [0.2, 0.25) is 0 Å². The summed E-state index contributed by atoms with van der Waals surface area (Å²) < 4.78 is 6.69. The number of nitrogens with one attached hydrogen (secondary N) is 1. The molecule has 7 heteroatoms. The van der Waals surface area contributed by atoms with Crippen molar-refractivity contribution in [3.63, 3.8) is 0 Å². The first kappa shape index (κ1) is 20.7. The first-order chi connectivity index (χ1) is 14.1. The van der Waals surface area contributed by atoms with Crippen molar-refractivity contribution in [2.45, 2.75) is 18.1 Å². The van der Waals surface area contributed by atoms with Gasteiger partial charge < -0.3 is 10.1 Å². The second-order valence-corrected chi connectivity index (χ2v) is 7.30. The van der Waals surface area contributed by atoms with Crippen molar-refractivity contribution in [3.8, 4) is 5.75 Å². The largest absolute Gasteiger partial charge is 0.497 e. The van der Waals surface area contributed by atoms with Crippen LogP contribution in [0.3, 0.4) is 0 Å². The van der Waals surface area contributed by atoms with E-state index in [1.165, 1.54) is 11.8 Å². The second kappa shape index (κ2) is 9.93. The molecule has 0 spiro atoms. The molecule has 0 radical (unpaired) electrons. The van der Waals surface area contributed by atoms with Gasteiger partial charge in [-0.2, -0.15) is 0 Å². The Hall–Kier alpha value is -3.06. The zero-order chi connectivity index (χ0) is 20.6. The van der Waals surface area contributed by atoms with Crippen LogP contribution in [0, 0.1) is 0 Å². The van der Waals surface area contributed by atoms with Crippen molar-refractivity contribution in [2.24, 2.45) is 0 Å². The van der Waals surface area contributed by atoms with Gasteiger partial charge >= 0.3 is 0 Å². The maximum Gasteiger partial charge on any atom is 0.262 e. The number of rotatable bonds is 9. The lowest BCUT2D eigenvalue weighted by atomic mass is 10.1. The zero-order valence-electron chi connectivity index (χ0n) is 16.3. The molecule has 3 aromatic rings. The summed E-state index contributed by atoms with van der Waals surface area (Å²) in [7, 11) is 1.63. The fraction of sp³-hybridized carbons (Fsp3) is 0.227. The number of thioether (sulfide) groups is 1. The first-order valence-electron chi connectivity index (χ1n) is 9.25. The Morgan fingerprint density at radius 3 is 2.72 bits per heavy atom. The average Bonchev–Trinajstić information content (AvgIpc) is 2.75. The molecule has 0 saturated carbocycles. The number of benzene rings is 2. The van der Waals surface area contributed by atoms with Gasteiger partial charge in [0, 0.05) is 13.1 Å². The van der Waals surface area contributed by atoms with E-state index < -0.39 is 0 Å². The molecule has 29 heavy (non-hydrogen) atoms. The van der Waals surface area contributed by atoms with E-state index >= 15 is 0 Å². The van der Waals surface area contributed by atoms with E-state index in [1.807, 2.05) is 36.4 Å². The summed E-state index contributed by atoms with van der Waals surface area (Å²) >= 11 is 1.25. The number of carbonyl (C=O) groups excluding carboxylic acids is 1. The minimum Gasteiger partial charge on any atom is -0.497 e. The molecule has 0 aliphatic carbocycles. The molecular weight excluding hydrogens is 386 g/mol. The van der Waals surface area contributed by atoms with E-state index in [9.17, 15) is 9.59 Å². The number of aromatic nitrogens is 2. The molecule has 0 unspecified atom stereocenters. The standard InChI is InChI=1S/C22H23N3O3S/c1-3-14-25-21(27)18-6-4-5-7-19(18)24-22(25)29-15-20(26)23-13-12-16-8-10-17(28-2)11-9-16/h3-11H,1,12-15H2,2H3,(H,23,26). The van der Waals surface area contributed by atoms with Gasteiger partial charge in [-0.3, -0.25) is 14.2 Å². The summed E-state index contributed by atoms with van der Waals surface area (Å²) in [6.07, 6.45) is 2.38. The van der Waals surface area contributed by atoms with E-state index in [1.54, 1.807) is 29.9 Å². The van der Waals surface area contributed by atoms with Crippen LogP contribution in [0.1, 0.15) is 5.56 Å². The Kier molecular flexibility index (Phi) is 7.08. The van der Waals surface area contributed by atoms with Crippen molar-refractivity contribution < 1.29 is 9.53 Å². The highest BCUT2D eigenvalue weighted by molar-refractivity contribution is 7.99. The molecule has 1 aromatic heterocycles. The lowest BCUT2D eigenvalue weighted by molar-refractivity contribution is -0.118. The number of allylic oxidation sites excluding steroid dienone is 1. The lowest BCUT2D eigenvalue weighted by Gasteiger charge is -2.11. The number of carbonyl (C=O) groups is 1. The SMILES string of the molecule is C=CCn1c(SCC(=O)NCCc2ccc(OC)cc2)nc2ccccc2c1=O. The number of hydrogen-bond donors (Lipinski definition) is 1. The molecule has 0 atom stereocenters. The molecule has 1 amide bonds. The highest BCUT2D eigenvalue weighted by atomic mass is 32.2. The first-order valence-corrected chi connectivity index (χ1v) is 10.2. The normalized spacial score (nSPS) is 10.7. The van der Waals surface area contributed by atoms with Crippen LogP contribution in [-0.4, -0.2) is 34.9 Å². The number of nitrogens with zero attached hydrogens (tertiary/aromatic N) is 2. The third kappa shape index (κ3) is 5.26. The summed E-state index contributed by atoms with van der Waals surface area (Å²) in [5, 5.41) is 3.98. The van der Waals surface area contributed by atoms with E-state index in [-0.39, 0.29) is 17.2 Å². The Morgan fingerprint density at radius 2 is 2.00 bits per heavy atom. The van der Waals surface area contributed by atoms with Crippen molar-refractivity contribution in [3.05, 3.63) is 77.1 Å². The Balaban J connectivity index is 1.60. The zero-order valence-corrected chi connectivity index (χ0v) is 17.1. The second-order valence-electron chi connectivity index (χ2n) is 6.35. The molecular formula is C22H23N3O3S. The molecule has 0 aliphatic heterocycles. The number of hydrogen-bond acceptors (Lipinski definition) is 5. The minimum absolute atomic E-state index is 0.101. The summed E-state index contributed by atoms with van der Waals surface area (Å²) in [6.45, 7) is 4.59. The molecule has 0 aliphatic rings. The number of fused-ring (bicyclic) bond motifs is 1. The van der Waals surface area contributed by atoms with Crippen LogP contribution in [0.5, 0.6) is 5.75 Å². The fourth-order valence-electron chi connectivity index (χ4n) is 2.87. The number of para-hydroxylation sites is 1. The molecule has 0 fully saturated rings. The molecule has 0 bridgehead atoms. The van der Waals surface area contributed by atoms with Crippen LogP contribution < -0.4 is 15.6 Å². The van der Waals surface area contributed by atoms with Gasteiger partial charge in [0.15, 0.2) is 5.16 Å². The molecule has 150 valence electrons. The van der Waals surface area contributed by atoms with Crippen LogP contribution in [0.4, 0.5) is 0 Å². The quantitative estimate of drug-likeness (QED) is 0.334. The summed E-state index contributed by atoms with van der Waals surface area (Å²) in [5.41, 5.74) is 1.62. The molecule has 1 heterocycles. The summed E-state index contributed by atoms with van der Waals surface area (Å²) in [6, 6.07) is 15.0. The van der Waals surface area contributed by atoms with Crippen LogP contribution >= 0.6 is 11.8 Å². The van der Waals surface area contributed by atoms with Gasteiger partial charge in [-0.15, -0.1) is 6.58 Å². The van der Waals surface area contributed by atoms with Gasteiger partial charge in [-0.25, -0.2) is 4.98 Å². The van der Waals surface area contributed by atoms with E-state index in [0.717, 1.165) is 17.7 Å². The van der Waals surface area contributed by atoms with Crippen molar-refractivity contribution in [2.75, 3.05) is 19.4 Å². The van der Waals surface area contributed by atoms with Gasteiger partial charge in [0.2, 0.25) is 5.91 Å². The van der Waals surface area contributed by atoms with Crippen LogP contribution in [0.15, 0.2) is 71.1 Å². The van der Waals surface area contributed by atoms with Crippen molar-refractivity contribution in [1.29, 1.82) is 0 Å². The van der Waals surface area contributed by atoms with Crippen molar-refractivity contribution in [1.82, 2.24) is 14.9 Å². The average molecular weight is 410 g/mol. The Labute approximate surface area is 173 Å². The maximum atomic E-state index is 12.7. The summed E-state index contributed by atoms with van der Waals surface area (Å²) in [5.74, 6) is 0.892. The van der Waals surface area contributed by atoms with Crippen LogP contribution in [-0.2, 0) is 17.8 Å². The minimum atomic E-state index is -0.127. The third-order valence-corrected chi connectivity index (χ3v) is 5.34. The monoisotopic (exact) mass is 409 g/mol. The van der Waals surface area contributed by atoms with E-state index in [2.05, 4.69) is 16.9 Å². The van der Waals surface area contributed by atoms with Crippen molar-refractivity contribution >= 4 is 28.6 Å². The molecule has 3 rings (SSSR count). The number of methoxy groups -OCH3 is 1. The maximum absolute atomic E-state index is 12.7. The number of ether oxygens (including phenoxy) is 1. The smallest absolute Gasteiger partial charge is 0.262 e. The predicted molar refractivity (Wildman–Crippen MR) is 117 cm³/mol. The van der Waals surface area contributed by atoms with E-state index in [0.29, 0.717) is 29.1 Å². The van der Waals surface area contributed by atoms with Gasteiger partial charge in [-0.05, 0) is 36.2 Å². The van der Waals surface area contributed by atoms with Crippen LogP contribution in [0.25, 0.3) is 10.9 Å². The number of amides is 1. The molecule has 2 aromatic carbocycles. The molecule has 6 nitrogen and oxygen atoms in total. The highest BCUT2D eigenvalue weighted by Gasteiger charge is 2.12. The Bertz CT molecular complexity index is 1060. The fourth-order valence-corrected chi connectivity index (χ4v) is 3.71. The molecule has 1 N–H and O–H groups in total. The highest BCUT2D eigenvalue weighted by Crippen LogP contribution is 2.17. The molecule has 0 saturated heterocycles.